The minimum atomic E-state index is -5.07. The van der Waals surface area contributed by atoms with Crippen molar-refractivity contribution in [2.45, 2.75) is 31.0 Å². The van der Waals surface area contributed by atoms with Gasteiger partial charge in [-0.25, -0.2) is 0 Å². The molecular weight excluding hydrogens is 391 g/mol. The number of anilines is 1. The number of halogens is 4. The van der Waals surface area contributed by atoms with Crippen molar-refractivity contribution in [3.8, 4) is 11.8 Å². The van der Waals surface area contributed by atoms with E-state index in [0.717, 1.165) is 6.07 Å². The fourth-order valence-electron chi connectivity index (χ4n) is 2.63. The van der Waals surface area contributed by atoms with Gasteiger partial charge in [0.2, 0.25) is 11.5 Å². The molecule has 0 spiro atoms. The average molecular weight is 408 g/mol. The van der Waals surface area contributed by atoms with Gasteiger partial charge in [0.15, 0.2) is 0 Å². The van der Waals surface area contributed by atoms with Gasteiger partial charge in [-0.1, -0.05) is 53.8 Å². The fraction of sp³-hybridized carbons (Fsp3) is 0.286. The third-order valence-corrected chi connectivity index (χ3v) is 4.53. The number of aliphatic hydroxyl groups is 1. The molecule has 146 valence electrons. The van der Waals surface area contributed by atoms with Gasteiger partial charge >= 0.3 is 6.18 Å². The van der Waals surface area contributed by atoms with E-state index in [4.69, 9.17) is 11.6 Å². The van der Waals surface area contributed by atoms with Crippen molar-refractivity contribution in [3.05, 3.63) is 64.7 Å². The minimum Gasteiger partial charge on any atom is -0.366 e. The highest BCUT2D eigenvalue weighted by atomic mass is 35.5. The predicted octanol–water partition coefficient (Wildman–Crippen LogP) is 4.68. The van der Waals surface area contributed by atoms with E-state index in [2.05, 4.69) is 11.2 Å². The second-order valence-electron chi connectivity index (χ2n) is 6.65. The predicted molar refractivity (Wildman–Crippen MR) is 101 cm³/mol. The van der Waals surface area contributed by atoms with Crippen molar-refractivity contribution in [1.82, 2.24) is 0 Å². The quantitative estimate of drug-likeness (QED) is 0.723. The summed E-state index contributed by atoms with van der Waals surface area (Å²) in [7, 11) is 0. The Hall–Kier alpha value is -2.49. The maximum absolute atomic E-state index is 13.7. The second kappa shape index (κ2) is 7.86. The maximum atomic E-state index is 13.7. The molecular formula is C21H17ClF3NO2. The summed E-state index contributed by atoms with van der Waals surface area (Å²) in [6, 6.07) is 12.3. The lowest BCUT2D eigenvalue weighted by Gasteiger charge is -2.28. The Labute approximate surface area is 165 Å². The number of benzene rings is 2. The van der Waals surface area contributed by atoms with E-state index < -0.39 is 23.2 Å². The number of carbonyl (C=O) groups excluding carboxylic acids is 1. The molecule has 2 aromatic rings. The summed E-state index contributed by atoms with van der Waals surface area (Å²) in [5, 5.41) is 12.9. The first-order valence-corrected chi connectivity index (χ1v) is 9.02. The molecule has 1 aliphatic carbocycles. The molecule has 0 bridgehead atoms. The number of hydrogen-bond donors (Lipinski definition) is 2. The first-order chi connectivity index (χ1) is 13.2. The molecule has 0 aliphatic heterocycles. The Morgan fingerprint density at radius 3 is 2.46 bits per heavy atom. The highest BCUT2D eigenvalue weighted by molar-refractivity contribution is 6.30. The molecule has 0 heterocycles. The molecule has 7 heteroatoms. The number of carbonyl (C=O) groups is 1. The van der Waals surface area contributed by atoms with Gasteiger partial charge < -0.3 is 10.4 Å². The van der Waals surface area contributed by atoms with Gasteiger partial charge in [-0.2, -0.15) is 13.2 Å². The molecule has 3 rings (SSSR count). The molecule has 2 N–H and O–H groups in total. The van der Waals surface area contributed by atoms with E-state index in [0.29, 0.717) is 18.4 Å². The topological polar surface area (TPSA) is 49.3 Å². The number of alkyl halides is 3. The molecule has 28 heavy (non-hydrogen) atoms. The highest BCUT2D eigenvalue weighted by Crippen LogP contribution is 2.43. The molecule has 1 fully saturated rings. The maximum Gasteiger partial charge on any atom is 0.433 e. The van der Waals surface area contributed by atoms with Crippen LogP contribution in [-0.4, -0.2) is 17.2 Å². The van der Waals surface area contributed by atoms with E-state index in [-0.39, 0.29) is 23.0 Å². The largest absolute Gasteiger partial charge is 0.433 e. The van der Waals surface area contributed by atoms with Crippen LogP contribution in [-0.2, 0) is 16.8 Å². The van der Waals surface area contributed by atoms with E-state index >= 15 is 0 Å². The third-order valence-electron chi connectivity index (χ3n) is 4.30. The summed E-state index contributed by atoms with van der Waals surface area (Å²) in [5.41, 5.74) is -3.51. The van der Waals surface area contributed by atoms with E-state index in [9.17, 15) is 23.1 Å². The molecule has 2 aromatic carbocycles. The monoisotopic (exact) mass is 407 g/mol. The van der Waals surface area contributed by atoms with Crippen LogP contribution in [0.3, 0.4) is 0 Å². The zero-order chi connectivity index (χ0) is 20.4. The number of amides is 1. The van der Waals surface area contributed by atoms with Crippen molar-refractivity contribution < 1.29 is 23.1 Å². The molecule has 1 atom stereocenters. The molecule has 1 amide bonds. The summed E-state index contributed by atoms with van der Waals surface area (Å²) >= 11 is 5.87. The van der Waals surface area contributed by atoms with Gasteiger partial charge in [0, 0.05) is 22.2 Å². The Morgan fingerprint density at radius 2 is 1.86 bits per heavy atom. The Kier molecular flexibility index (Phi) is 5.69. The Morgan fingerprint density at radius 1 is 1.18 bits per heavy atom. The van der Waals surface area contributed by atoms with Crippen molar-refractivity contribution in [2.75, 3.05) is 5.32 Å². The van der Waals surface area contributed by atoms with Crippen LogP contribution < -0.4 is 5.32 Å². The van der Waals surface area contributed by atoms with Crippen molar-refractivity contribution >= 4 is 23.2 Å². The summed E-state index contributed by atoms with van der Waals surface area (Å²) in [4.78, 5) is 12.3. The van der Waals surface area contributed by atoms with E-state index in [1.165, 1.54) is 12.1 Å². The standard InChI is InChI=1S/C21H17ClF3NO2/c22-16-8-9-18(26-19(27)12-15-4-2-1-3-5-15)17(13-16)20(28,21(23,24)25)11-10-14-6-7-14/h1-5,8-9,13-14,28H,6-7,12H2,(H,26,27)/t20-/m0/s1. The lowest BCUT2D eigenvalue weighted by Crippen LogP contribution is -2.42. The highest BCUT2D eigenvalue weighted by Gasteiger charge is 2.55. The summed E-state index contributed by atoms with van der Waals surface area (Å²) in [6.07, 6.45) is -3.69. The first-order valence-electron chi connectivity index (χ1n) is 8.64. The average Bonchev–Trinajstić information content (AvgIpc) is 3.45. The van der Waals surface area contributed by atoms with Gasteiger partial charge in [-0.05, 0) is 36.6 Å². The van der Waals surface area contributed by atoms with Crippen LogP contribution in [0.15, 0.2) is 48.5 Å². The normalized spacial score (nSPS) is 15.9. The van der Waals surface area contributed by atoms with Gasteiger partial charge in [-0.15, -0.1) is 0 Å². The van der Waals surface area contributed by atoms with Gasteiger partial charge in [0.25, 0.3) is 0 Å². The molecule has 0 radical (unpaired) electrons. The van der Waals surface area contributed by atoms with Crippen molar-refractivity contribution in [2.24, 2.45) is 5.92 Å². The van der Waals surface area contributed by atoms with Crippen molar-refractivity contribution in [3.63, 3.8) is 0 Å². The minimum absolute atomic E-state index is 0.00745. The smallest absolute Gasteiger partial charge is 0.366 e. The van der Waals surface area contributed by atoms with Crippen LogP contribution in [0.25, 0.3) is 0 Å². The zero-order valence-electron chi connectivity index (χ0n) is 14.7. The van der Waals surface area contributed by atoms with Crippen LogP contribution in [0.2, 0.25) is 5.02 Å². The molecule has 1 saturated carbocycles. The fourth-order valence-corrected chi connectivity index (χ4v) is 2.80. The second-order valence-corrected chi connectivity index (χ2v) is 7.09. The van der Waals surface area contributed by atoms with Gasteiger partial charge in [0.05, 0.1) is 6.42 Å². The molecule has 1 aliphatic rings. The molecule has 0 unspecified atom stereocenters. The first kappa shape index (κ1) is 20.2. The summed E-state index contributed by atoms with van der Waals surface area (Å²) in [6.45, 7) is 0. The Balaban J connectivity index is 1.95. The van der Waals surface area contributed by atoms with Crippen LogP contribution >= 0.6 is 11.6 Å². The lowest BCUT2D eigenvalue weighted by atomic mass is 9.91. The third kappa shape index (κ3) is 4.67. The van der Waals surface area contributed by atoms with E-state index in [1.807, 2.05) is 5.92 Å². The van der Waals surface area contributed by atoms with Crippen molar-refractivity contribution in [1.29, 1.82) is 0 Å². The number of nitrogens with one attached hydrogen (secondary N) is 1. The molecule has 0 saturated heterocycles. The lowest BCUT2D eigenvalue weighted by molar-refractivity contribution is -0.240. The summed E-state index contributed by atoms with van der Waals surface area (Å²) in [5.74, 6) is 3.77. The summed E-state index contributed by atoms with van der Waals surface area (Å²) < 4.78 is 41.2. The number of rotatable bonds is 4. The number of hydrogen-bond acceptors (Lipinski definition) is 2. The van der Waals surface area contributed by atoms with Gasteiger partial charge in [-0.3, -0.25) is 4.79 Å². The SMILES string of the molecule is O=C(Cc1ccccc1)Nc1ccc(Cl)cc1[C@@](O)(C#CC1CC1)C(F)(F)F. The van der Waals surface area contributed by atoms with Crippen LogP contribution in [0.5, 0.6) is 0 Å². The van der Waals surface area contributed by atoms with Gasteiger partial charge in [0.1, 0.15) is 0 Å². The van der Waals surface area contributed by atoms with Crippen LogP contribution in [0.4, 0.5) is 18.9 Å². The van der Waals surface area contributed by atoms with Crippen LogP contribution in [0, 0.1) is 17.8 Å². The zero-order valence-corrected chi connectivity index (χ0v) is 15.4. The Bertz CT molecular complexity index is 930. The van der Waals surface area contributed by atoms with Crippen LogP contribution in [0.1, 0.15) is 24.0 Å². The van der Waals surface area contributed by atoms with E-state index in [1.54, 1.807) is 30.3 Å². The molecule has 0 aromatic heterocycles. The molecule has 3 nitrogen and oxygen atoms in total.